The summed E-state index contributed by atoms with van der Waals surface area (Å²) in [5.41, 5.74) is 7.58. The lowest BCUT2D eigenvalue weighted by atomic mass is 9.79. The summed E-state index contributed by atoms with van der Waals surface area (Å²) in [6.45, 7) is 14.6. The highest BCUT2D eigenvalue weighted by Gasteiger charge is 2.35. The van der Waals surface area contributed by atoms with Crippen LogP contribution in [0.25, 0.3) is 0 Å². The Morgan fingerprint density at radius 1 is 1.00 bits per heavy atom. The van der Waals surface area contributed by atoms with Crippen molar-refractivity contribution in [3.05, 3.63) is 82.9 Å². The Morgan fingerprint density at radius 2 is 1.62 bits per heavy atom. The fraction of sp³-hybridized carbons (Fsp3) is 0.345. The molecule has 0 aliphatic carbocycles. The van der Waals surface area contributed by atoms with E-state index in [1.54, 1.807) is 0 Å². The summed E-state index contributed by atoms with van der Waals surface area (Å²) in [5.74, 6) is 2.19. The van der Waals surface area contributed by atoms with Gasteiger partial charge in [0.25, 0.3) is 0 Å². The number of ether oxygens (including phenoxy) is 1. The summed E-state index contributed by atoms with van der Waals surface area (Å²) >= 11 is 0. The molecule has 3 aromatic carbocycles. The van der Waals surface area contributed by atoms with Crippen molar-refractivity contribution in [3.63, 3.8) is 0 Å². The molecule has 3 nitrogen and oxygen atoms in total. The summed E-state index contributed by atoms with van der Waals surface area (Å²) in [6, 6.07) is 20.7. The van der Waals surface area contributed by atoms with Crippen LogP contribution < -0.4 is 9.64 Å². The van der Waals surface area contributed by atoms with E-state index in [4.69, 9.17) is 9.73 Å². The second kappa shape index (κ2) is 8.82. The van der Waals surface area contributed by atoms with Crippen molar-refractivity contribution in [2.45, 2.75) is 59.4 Å². The molecule has 0 N–H and O–H groups in total. The van der Waals surface area contributed by atoms with Crippen molar-refractivity contribution in [2.75, 3.05) is 11.4 Å². The standard InChI is InChI=1S/C29H34N2O/c1-7-31-28-16-21(3)23(17-27(28)22(4)18-29(31,5)6)19-30-24-10-14-26(15-11-24)32-25-12-8-20(2)9-13-25/h8-17,19,22H,7,18H2,1-6H3/t22-/m1/s1. The molecule has 1 atom stereocenters. The number of fused-ring (bicyclic) bond motifs is 1. The van der Waals surface area contributed by atoms with E-state index < -0.39 is 0 Å². The summed E-state index contributed by atoms with van der Waals surface area (Å²) < 4.78 is 5.93. The lowest BCUT2D eigenvalue weighted by Gasteiger charge is -2.47. The molecular weight excluding hydrogens is 392 g/mol. The number of rotatable bonds is 5. The maximum absolute atomic E-state index is 5.93. The molecule has 1 aliphatic heterocycles. The van der Waals surface area contributed by atoms with E-state index in [-0.39, 0.29) is 5.54 Å². The summed E-state index contributed by atoms with van der Waals surface area (Å²) in [7, 11) is 0. The van der Waals surface area contributed by atoms with Gasteiger partial charge in [-0.1, -0.05) is 24.6 Å². The third kappa shape index (κ3) is 4.57. The largest absolute Gasteiger partial charge is 0.457 e. The third-order valence-electron chi connectivity index (χ3n) is 6.54. The second-order valence-electron chi connectivity index (χ2n) is 9.60. The topological polar surface area (TPSA) is 24.8 Å². The number of benzene rings is 3. The third-order valence-corrected chi connectivity index (χ3v) is 6.54. The van der Waals surface area contributed by atoms with Gasteiger partial charge < -0.3 is 9.64 Å². The van der Waals surface area contributed by atoms with Gasteiger partial charge in [0.05, 0.1) is 5.69 Å². The van der Waals surface area contributed by atoms with Gasteiger partial charge in [0.1, 0.15) is 11.5 Å². The fourth-order valence-electron chi connectivity index (χ4n) is 4.88. The fourth-order valence-corrected chi connectivity index (χ4v) is 4.88. The first kappa shape index (κ1) is 22.1. The lowest BCUT2D eigenvalue weighted by Crippen LogP contribution is -2.48. The molecule has 0 aromatic heterocycles. The minimum Gasteiger partial charge on any atom is -0.457 e. The average Bonchev–Trinajstić information content (AvgIpc) is 2.75. The maximum Gasteiger partial charge on any atom is 0.127 e. The van der Waals surface area contributed by atoms with Crippen LogP contribution in [0, 0.1) is 13.8 Å². The molecule has 166 valence electrons. The SMILES string of the molecule is CCN1c2cc(C)c(C=Nc3ccc(Oc4ccc(C)cc4)cc3)cc2[C@H](C)CC1(C)C. The van der Waals surface area contributed by atoms with Crippen molar-refractivity contribution in [2.24, 2.45) is 4.99 Å². The number of aryl methyl sites for hydroxylation is 2. The van der Waals surface area contributed by atoms with Crippen LogP contribution in [-0.4, -0.2) is 18.3 Å². The summed E-state index contributed by atoms with van der Waals surface area (Å²) in [4.78, 5) is 7.29. The van der Waals surface area contributed by atoms with Crippen molar-refractivity contribution >= 4 is 17.6 Å². The molecule has 0 amide bonds. The molecule has 0 spiro atoms. The van der Waals surface area contributed by atoms with Crippen LogP contribution in [0.15, 0.2) is 65.7 Å². The minimum atomic E-state index is 0.186. The molecule has 0 saturated heterocycles. The van der Waals surface area contributed by atoms with Gasteiger partial charge in [0.15, 0.2) is 0 Å². The van der Waals surface area contributed by atoms with E-state index >= 15 is 0 Å². The Hall–Kier alpha value is -3.07. The van der Waals surface area contributed by atoms with Crippen LogP contribution in [0.3, 0.4) is 0 Å². The molecule has 32 heavy (non-hydrogen) atoms. The van der Waals surface area contributed by atoms with E-state index in [1.165, 1.54) is 27.9 Å². The summed E-state index contributed by atoms with van der Waals surface area (Å²) in [5, 5.41) is 0. The molecule has 3 aromatic rings. The van der Waals surface area contributed by atoms with Crippen LogP contribution in [0.2, 0.25) is 0 Å². The zero-order valence-electron chi connectivity index (χ0n) is 20.1. The van der Waals surface area contributed by atoms with Gasteiger partial charge in [-0.05, 0) is 112 Å². The number of hydrogen-bond acceptors (Lipinski definition) is 3. The Morgan fingerprint density at radius 3 is 2.25 bits per heavy atom. The zero-order valence-corrected chi connectivity index (χ0v) is 20.1. The Labute approximate surface area is 192 Å². The normalized spacial score (nSPS) is 17.4. The molecular formula is C29H34N2O. The molecule has 1 aliphatic rings. The number of anilines is 1. The molecule has 3 heteroatoms. The van der Waals surface area contributed by atoms with Crippen molar-refractivity contribution in [1.82, 2.24) is 0 Å². The first-order chi connectivity index (χ1) is 15.3. The van der Waals surface area contributed by atoms with E-state index in [1.807, 2.05) is 42.6 Å². The van der Waals surface area contributed by atoms with E-state index in [9.17, 15) is 0 Å². The molecule has 4 rings (SSSR count). The first-order valence-corrected chi connectivity index (χ1v) is 11.6. The first-order valence-electron chi connectivity index (χ1n) is 11.6. The monoisotopic (exact) mass is 426 g/mol. The summed E-state index contributed by atoms with van der Waals surface area (Å²) in [6.07, 6.45) is 3.16. The van der Waals surface area contributed by atoms with E-state index in [0.29, 0.717) is 5.92 Å². The van der Waals surface area contributed by atoms with Gasteiger partial charge in [-0.25, -0.2) is 0 Å². The second-order valence-corrected chi connectivity index (χ2v) is 9.60. The van der Waals surface area contributed by atoms with Crippen molar-refractivity contribution < 1.29 is 4.74 Å². The predicted molar refractivity (Wildman–Crippen MR) is 136 cm³/mol. The molecule has 0 radical (unpaired) electrons. The Bertz CT molecular complexity index is 1110. The Kier molecular flexibility index (Phi) is 6.10. The highest BCUT2D eigenvalue weighted by molar-refractivity contribution is 5.86. The smallest absolute Gasteiger partial charge is 0.127 e. The molecule has 0 fully saturated rings. The van der Waals surface area contributed by atoms with Crippen LogP contribution in [0.1, 0.15) is 62.3 Å². The maximum atomic E-state index is 5.93. The van der Waals surface area contributed by atoms with Crippen LogP contribution in [-0.2, 0) is 0 Å². The lowest BCUT2D eigenvalue weighted by molar-refractivity contribution is 0.381. The van der Waals surface area contributed by atoms with Gasteiger partial charge in [-0.15, -0.1) is 0 Å². The van der Waals surface area contributed by atoms with Crippen LogP contribution >= 0.6 is 0 Å². The molecule has 0 unspecified atom stereocenters. The van der Waals surface area contributed by atoms with Crippen molar-refractivity contribution in [1.29, 1.82) is 0 Å². The quantitative estimate of drug-likeness (QED) is 0.387. The zero-order chi connectivity index (χ0) is 22.9. The Balaban J connectivity index is 1.53. The molecule has 0 bridgehead atoms. The van der Waals surface area contributed by atoms with E-state index in [2.05, 4.69) is 70.7 Å². The van der Waals surface area contributed by atoms with Gasteiger partial charge >= 0.3 is 0 Å². The highest BCUT2D eigenvalue weighted by Crippen LogP contribution is 2.44. The van der Waals surface area contributed by atoms with Gasteiger partial charge in [-0.2, -0.15) is 0 Å². The number of hydrogen-bond donors (Lipinski definition) is 0. The minimum absolute atomic E-state index is 0.186. The predicted octanol–water partition coefficient (Wildman–Crippen LogP) is 7.96. The average molecular weight is 427 g/mol. The van der Waals surface area contributed by atoms with E-state index in [0.717, 1.165) is 30.2 Å². The highest BCUT2D eigenvalue weighted by atomic mass is 16.5. The molecule has 0 saturated carbocycles. The van der Waals surface area contributed by atoms with Gasteiger partial charge in [0, 0.05) is 24.0 Å². The molecule has 1 heterocycles. The van der Waals surface area contributed by atoms with Gasteiger partial charge in [0.2, 0.25) is 0 Å². The van der Waals surface area contributed by atoms with Gasteiger partial charge in [-0.3, -0.25) is 4.99 Å². The number of aliphatic imine (C=N–C) groups is 1. The van der Waals surface area contributed by atoms with Crippen molar-refractivity contribution in [3.8, 4) is 11.5 Å². The van der Waals surface area contributed by atoms with Crippen LogP contribution in [0.5, 0.6) is 11.5 Å². The van der Waals surface area contributed by atoms with Crippen LogP contribution in [0.4, 0.5) is 11.4 Å². The number of nitrogens with zero attached hydrogens (tertiary/aromatic N) is 2.